The summed E-state index contributed by atoms with van der Waals surface area (Å²) in [6.07, 6.45) is 0.390. The maximum atomic E-state index is 13.6. The number of hydrogen-bond donors (Lipinski definition) is 1. The molecule has 3 aromatic rings. The summed E-state index contributed by atoms with van der Waals surface area (Å²) in [5.41, 5.74) is 3.00. The number of nitrogens with one attached hydrogen (secondary N) is 1. The molecule has 0 aliphatic rings. The molecule has 184 valence electrons. The molecule has 3 rings (SSSR count). The van der Waals surface area contributed by atoms with Crippen molar-refractivity contribution in [2.24, 2.45) is 0 Å². The van der Waals surface area contributed by atoms with Crippen LogP contribution >= 0.6 is 27.5 Å². The summed E-state index contributed by atoms with van der Waals surface area (Å²) in [4.78, 5) is 28.6. The molecule has 35 heavy (non-hydrogen) atoms. The van der Waals surface area contributed by atoms with E-state index in [1.54, 1.807) is 23.1 Å². The lowest BCUT2D eigenvalue weighted by molar-refractivity contribution is -0.143. The van der Waals surface area contributed by atoms with Crippen molar-refractivity contribution < 1.29 is 14.3 Å². The van der Waals surface area contributed by atoms with Crippen molar-refractivity contribution >= 4 is 39.3 Å². The van der Waals surface area contributed by atoms with Crippen molar-refractivity contribution in [1.29, 1.82) is 0 Å². The first-order valence-corrected chi connectivity index (χ1v) is 12.7. The van der Waals surface area contributed by atoms with E-state index in [4.69, 9.17) is 16.3 Å². The van der Waals surface area contributed by atoms with Gasteiger partial charge >= 0.3 is 0 Å². The molecule has 7 heteroatoms. The van der Waals surface area contributed by atoms with E-state index in [-0.39, 0.29) is 31.0 Å². The summed E-state index contributed by atoms with van der Waals surface area (Å²) >= 11 is 9.44. The summed E-state index contributed by atoms with van der Waals surface area (Å²) in [7, 11) is 0. The van der Waals surface area contributed by atoms with Crippen LogP contribution in [0.5, 0.6) is 5.75 Å². The van der Waals surface area contributed by atoms with Gasteiger partial charge in [0, 0.05) is 24.0 Å². The molecule has 1 atom stereocenters. The number of halogens is 2. The van der Waals surface area contributed by atoms with Crippen molar-refractivity contribution in [1.82, 2.24) is 10.2 Å². The lowest BCUT2D eigenvalue weighted by atomic mass is 10.0. The molecule has 1 N–H and O–H groups in total. The number of benzene rings is 3. The highest BCUT2D eigenvalue weighted by Crippen LogP contribution is 2.28. The quantitative estimate of drug-likeness (QED) is 0.335. The van der Waals surface area contributed by atoms with Gasteiger partial charge in [-0.2, -0.15) is 0 Å². The van der Waals surface area contributed by atoms with Gasteiger partial charge in [0.25, 0.3) is 5.91 Å². The van der Waals surface area contributed by atoms with Crippen LogP contribution in [0.3, 0.4) is 0 Å². The van der Waals surface area contributed by atoms with Crippen molar-refractivity contribution in [3.8, 4) is 5.75 Å². The average Bonchev–Trinajstić information content (AvgIpc) is 2.81. The molecule has 0 saturated heterocycles. The fraction of sp³-hybridized carbons (Fsp3) is 0.286. The minimum absolute atomic E-state index is 0.0574. The number of aryl methyl sites for hydroxylation is 1. The molecule has 0 heterocycles. The zero-order valence-corrected chi connectivity index (χ0v) is 22.5. The van der Waals surface area contributed by atoms with Gasteiger partial charge in [-0.1, -0.05) is 71.8 Å². The van der Waals surface area contributed by atoms with Gasteiger partial charge in [0.15, 0.2) is 6.61 Å². The van der Waals surface area contributed by atoms with Crippen LogP contribution in [-0.4, -0.2) is 35.4 Å². The van der Waals surface area contributed by atoms with Crippen LogP contribution in [-0.2, 0) is 22.6 Å². The van der Waals surface area contributed by atoms with Gasteiger partial charge in [-0.05, 0) is 66.0 Å². The molecule has 0 spiro atoms. The zero-order valence-electron chi connectivity index (χ0n) is 20.1. The predicted molar refractivity (Wildman–Crippen MR) is 144 cm³/mol. The number of nitrogens with zero attached hydrogens (tertiary/aromatic N) is 1. The van der Waals surface area contributed by atoms with E-state index < -0.39 is 6.04 Å². The maximum Gasteiger partial charge on any atom is 0.261 e. The average molecular weight is 558 g/mol. The Bertz CT molecular complexity index is 1150. The van der Waals surface area contributed by atoms with Gasteiger partial charge in [0.1, 0.15) is 11.8 Å². The van der Waals surface area contributed by atoms with Gasteiger partial charge in [-0.3, -0.25) is 9.59 Å². The molecule has 2 amide bonds. The number of carbonyl (C=O) groups is 2. The first-order valence-electron chi connectivity index (χ1n) is 11.5. The fourth-order valence-corrected chi connectivity index (χ4v) is 4.55. The first kappa shape index (κ1) is 26.8. The predicted octanol–water partition coefficient (Wildman–Crippen LogP) is 5.95. The van der Waals surface area contributed by atoms with E-state index in [1.807, 2.05) is 75.4 Å². The van der Waals surface area contributed by atoms with E-state index >= 15 is 0 Å². The molecular formula is C28H30BrClN2O3. The van der Waals surface area contributed by atoms with Crippen molar-refractivity contribution in [2.75, 3.05) is 6.61 Å². The van der Waals surface area contributed by atoms with Crippen LogP contribution in [0.15, 0.2) is 77.3 Å². The summed E-state index contributed by atoms with van der Waals surface area (Å²) in [6.45, 7) is 5.89. The Balaban J connectivity index is 1.92. The second kappa shape index (κ2) is 12.8. The second-order valence-corrected chi connectivity index (χ2v) is 10.0. The van der Waals surface area contributed by atoms with E-state index in [9.17, 15) is 9.59 Å². The third-order valence-electron chi connectivity index (χ3n) is 5.38. The van der Waals surface area contributed by atoms with Crippen molar-refractivity contribution in [3.63, 3.8) is 0 Å². The van der Waals surface area contributed by atoms with Crippen LogP contribution in [0.4, 0.5) is 0 Å². The van der Waals surface area contributed by atoms with Crippen LogP contribution < -0.4 is 10.1 Å². The third kappa shape index (κ3) is 8.11. The lowest BCUT2D eigenvalue weighted by Crippen LogP contribution is -2.52. The number of ether oxygens (including phenoxy) is 1. The topological polar surface area (TPSA) is 58.6 Å². The Labute approximate surface area is 220 Å². The SMILES string of the molecule is Cc1cccc(CN(C(=O)COc2ccc(Cl)cc2Br)[C@H](Cc2ccccc2)C(=O)NC(C)C)c1. The highest BCUT2D eigenvalue weighted by atomic mass is 79.9. The van der Waals surface area contributed by atoms with Crippen LogP contribution in [0.2, 0.25) is 5.02 Å². The highest BCUT2D eigenvalue weighted by molar-refractivity contribution is 9.10. The fourth-order valence-electron chi connectivity index (χ4n) is 3.76. The molecule has 3 aromatic carbocycles. The van der Waals surface area contributed by atoms with Gasteiger partial charge in [0.2, 0.25) is 5.91 Å². The highest BCUT2D eigenvalue weighted by Gasteiger charge is 2.31. The molecule has 0 aliphatic heterocycles. The second-order valence-electron chi connectivity index (χ2n) is 8.74. The molecule has 0 radical (unpaired) electrons. The maximum absolute atomic E-state index is 13.6. The third-order valence-corrected chi connectivity index (χ3v) is 6.24. The summed E-state index contributed by atoms with van der Waals surface area (Å²) in [5.74, 6) is 0.0234. The number of carbonyl (C=O) groups excluding carboxylic acids is 2. The summed E-state index contributed by atoms with van der Waals surface area (Å²) in [5, 5.41) is 3.55. The van der Waals surface area contributed by atoms with E-state index in [2.05, 4.69) is 21.2 Å². The molecule has 0 saturated carbocycles. The lowest BCUT2D eigenvalue weighted by Gasteiger charge is -2.32. The van der Waals surface area contributed by atoms with Crippen LogP contribution in [0.25, 0.3) is 0 Å². The molecule has 0 fully saturated rings. The Morgan fingerprint density at radius 2 is 1.71 bits per heavy atom. The van der Waals surface area contributed by atoms with Gasteiger partial charge in [0.05, 0.1) is 4.47 Å². The van der Waals surface area contributed by atoms with E-state index in [0.29, 0.717) is 21.7 Å². The molecule has 0 aliphatic carbocycles. The van der Waals surface area contributed by atoms with Crippen molar-refractivity contribution in [3.05, 3.63) is 99.0 Å². The smallest absolute Gasteiger partial charge is 0.261 e. The molecule has 0 unspecified atom stereocenters. The first-order chi connectivity index (χ1) is 16.7. The van der Waals surface area contributed by atoms with Gasteiger partial charge in [-0.15, -0.1) is 0 Å². The monoisotopic (exact) mass is 556 g/mol. The van der Waals surface area contributed by atoms with E-state index in [1.165, 1.54) is 0 Å². The van der Waals surface area contributed by atoms with E-state index in [0.717, 1.165) is 16.7 Å². The molecule has 5 nitrogen and oxygen atoms in total. The van der Waals surface area contributed by atoms with Gasteiger partial charge in [-0.25, -0.2) is 0 Å². The molecule has 0 bridgehead atoms. The van der Waals surface area contributed by atoms with Crippen molar-refractivity contribution in [2.45, 2.75) is 45.8 Å². The largest absolute Gasteiger partial charge is 0.483 e. The standard InChI is InChI=1S/C28H30BrClN2O3/c1-19(2)31-28(34)25(15-21-9-5-4-6-10-21)32(17-22-11-7-8-20(3)14-22)27(33)18-35-26-13-12-23(30)16-24(26)29/h4-14,16,19,25H,15,17-18H2,1-3H3,(H,31,34)/t25-/m1/s1. The number of amides is 2. The Morgan fingerprint density at radius 3 is 2.37 bits per heavy atom. The number of rotatable bonds is 10. The van der Waals surface area contributed by atoms with Gasteiger partial charge < -0.3 is 15.0 Å². The Morgan fingerprint density at radius 1 is 1.00 bits per heavy atom. The Kier molecular flexibility index (Phi) is 9.75. The molecular weight excluding hydrogens is 528 g/mol. The zero-order chi connectivity index (χ0) is 25.4. The number of hydrogen-bond acceptors (Lipinski definition) is 3. The summed E-state index contributed by atoms with van der Waals surface area (Å²) in [6, 6.07) is 22.0. The summed E-state index contributed by atoms with van der Waals surface area (Å²) < 4.78 is 6.48. The normalized spacial score (nSPS) is 11.7. The minimum Gasteiger partial charge on any atom is -0.483 e. The van der Waals surface area contributed by atoms with Crippen LogP contribution in [0.1, 0.15) is 30.5 Å². The van der Waals surface area contributed by atoms with Crippen LogP contribution in [0, 0.1) is 6.92 Å². The molecule has 0 aromatic heterocycles. The minimum atomic E-state index is -0.704. The Hall–Kier alpha value is -2.83.